The molecular weight excluding hydrogens is 280 g/mol. The Balaban J connectivity index is 1.78. The molecule has 0 saturated carbocycles. The number of rotatable bonds is 2. The Kier molecular flexibility index (Phi) is 2.93. The van der Waals surface area contributed by atoms with E-state index in [2.05, 4.69) is 39.6 Å². The molecule has 0 amide bonds. The Labute approximate surface area is 127 Å². The highest BCUT2D eigenvalue weighted by Gasteiger charge is 2.23. The van der Waals surface area contributed by atoms with Gasteiger partial charge in [-0.1, -0.05) is 18.2 Å². The van der Waals surface area contributed by atoms with Gasteiger partial charge in [0, 0.05) is 18.3 Å². The van der Waals surface area contributed by atoms with E-state index in [1.807, 2.05) is 18.2 Å². The van der Waals surface area contributed by atoms with Gasteiger partial charge < -0.3 is 11.1 Å². The van der Waals surface area contributed by atoms with Gasteiger partial charge in [0.15, 0.2) is 0 Å². The monoisotopic (exact) mass is 296 g/mol. The lowest BCUT2D eigenvalue weighted by molar-refractivity contribution is 0.483. The fourth-order valence-corrected chi connectivity index (χ4v) is 3.52. The molecular formula is C16H16N4S. The van der Waals surface area contributed by atoms with Crippen LogP contribution in [0, 0.1) is 0 Å². The quantitative estimate of drug-likeness (QED) is 0.710. The molecule has 1 atom stereocenters. The number of nitrogens with one attached hydrogen (secondary N) is 1. The highest BCUT2D eigenvalue weighted by Crippen LogP contribution is 2.34. The summed E-state index contributed by atoms with van der Waals surface area (Å²) in [5.41, 5.74) is 8.98. The van der Waals surface area contributed by atoms with E-state index in [4.69, 9.17) is 10.8 Å². The number of nitrogens with two attached hydrogens (primary N) is 1. The van der Waals surface area contributed by atoms with Crippen LogP contribution in [-0.4, -0.2) is 16.3 Å². The second-order valence-corrected chi connectivity index (χ2v) is 6.19. The first kappa shape index (κ1) is 12.5. The number of anilines is 2. The van der Waals surface area contributed by atoms with Crippen LogP contribution in [0.1, 0.15) is 18.0 Å². The van der Waals surface area contributed by atoms with Crippen molar-refractivity contribution in [1.29, 1.82) is 0 Å². The van der Waals surface area contributed by atoms with Gasteiger partial charge in [-0.2, -0.15) is 5.10 Å². The van der Waals surface area contributed by atoms with Crippen molar-refractivity contribution >= 4 is 22.8 Å². The van der Waals surface area contributed by atoms with Crippen molar-refractivity contribution in [3.63, 3.8) is 0 Å². The molecule has 5 heteroatoms. The third-order valence-corrected chi connectivity index (χ3v) is 4.72. The topological polar surface area (TPSA) is 55.9 Å². The van der Waals surface area contributed by atoms with E-state index in [0.29, 0.717) is 0 Å². The fraction of sp³-hybridized carbons (Fsp3) is 0.188. The summed E-state index contributed by atoms with van der Waals surface area (Å²) in [7, 11) is 0. The molecule has 1 aliphatic heterocycles. The molecule has 3 N–H and O–H groups in total. The average molecular weight is 296 g/mol. The van der Waals surface area contributed by atoms with E-state index >= 15 is 0 Å². The third-order valence-electron chi connectivity index (χ3n) is 3.82. The van der Waals surface area contributed by atoms with Gasteiger partial charge in [0.25, 0.3) is 0 Å². The van der Waals surface area contributed by atoms with Crippen molar-refractivity contribution in [2.75, 3.05) is 17.6 Å². The zero-order valence-electron chi connectivity index (χ0n) is 11.5. The van der Waals surface area contributed by atoms with Crippen LogP contribution >= 0.6 is 11.3 Å². The maximum Gasteiger partial charge on any atom is 0.125 e. The Morgan fingerprint density at radius 2 is 2.19 bits per heavy atom. The number of benzene rings is 1. The van der Waals surface area contributed by atoms with E-state index in [1.54, 1.807) is 11.3 Å². The summed E-state index contributed by atoms with van der Waals surface area (Å²) in [6.07, 6.45) is 1.02. The van der Waals surface area contributed by atoms with Gasteiger partial charge in [-0.25, -0.2) is 4.68 Å². The predicted octanol–water partition coefficient (Wildman–Crippen LogP) is 3.60. The molecule has 0 bridgehead atoms. The highest BCUT2D eigenvalue weighted by molar-refractivity contribution is 7.13. The standard InChI is InChI=1S/C16H16N4S/c17-12-4-1-3-11(9-12)14-6-7-18-16-10-13(19-20(14)16)15-5-2-8-21-15/h1-5,8-10,14,18H,6-7,17H2. The zero-order valence-corrected chi connectivity index (χ0v) is 12.3. The van der Waals surface area contributed by atoms with E-state index < -0.39 is 0 Å². The van der Waals surface area contributed by atoms with Crippen LogP contribution < -0.4 is 11.1 Å². The molecule has 3 heterocycles. The minimum atomic E-state index is 0.249. The molecule has 4 nitrogen and oxygen atoms in total. The number of nitrogen functional groups attached to an aromatic ring is 1. The number of nitrogens with zero attached hydrogens (tertiary/aromatic N) is 2. The van der Waals surface area contributed by atoms with Crippen molar-refractivity contribution in [1.82, 2.24) is 9.78 Å². The van der Waals surface area contributed by atoms with Crippen LogP contribution in [0.5, 0.6) is 0 Å². The first-order valence-corrected chi connectivity index (χ1v) is 7.92. The minimum Gasteiger partial charge on any atom is -0.399 e. The van der Waals surface area contributed by atoms with Crippen molar-refractivity contribution in [3.05, 3.63) is 53.4 Å². The molecule has 3 aromatic rings. The third kappa shape index (κ3) is 2.19. The Bertz CT molecular complexity index is 760. The molecule has 106 valence electrons. The van der Waals surface area contributed by atoms with Gasteiger partial charge in [0.1, 0.15) is 11.5 Å². The van der Waals surface area contributed by atoms with Crippen LogP contribution in [0.3, 0.4) is 0 Å². The normalized spacial score (nSPS) is 17.2. The zero-order chi connectivity index (χ0) is 14.2. The molecule has 0 radical (unpaired) electrons. The summed E-state index contributed by atoms with van der Waals surface area (Å²) in [6, 6.07) is 14.6. The number of thiophene rings is 1. The van der Waals surface area contributed by atoms with E-state index in [9.17, 15) is 0 Å². The summed E-state index contributed by atoms with van der Waals surface area (Å²) in [4.78, 5) is 1.20. The SMILES string of the molecule is Nc1cccc(C2CCNc3cc(-c4cccs4)nn32)c1. The van der Waals surface area contributed by atoms with Gasteiger partial charge in [0.2, 0.25) is 0 Å². The number of fused-ring (bicyclic) bond motifs is 1. The highest BCUT2D eigenvalue weighted by atomic mass is 32.1. The van der Waals surface area contributed by atoms with Gasteiger partial charge in [0.05, 0.1) is 10.9 Å². The number of hydrogen-bond donors (Lipinski definition) is 2. The molecule has 1 aromatic carbocycles. The van der Waals surface area contributed by atoms with Gasteiger partial charge in [-0.05, 0) is 35.6 Å². The first-order chi connectivity index (χ1) is 10.3. The Morgan fingerprint density at radius 1 is 1.24 bits per heavy atom. The van der Waals surface area contributed by atoms with Crippen LogP contribution in [0.15, 0.2) is 47.8 Å². The molecule has 1 aliphatic rings. The van der Waals surface area contributed by atoms with E-state index in [1.165, 1.54) is 10.4 Å². The maximum absolute atomic E-state index is 5.92. The number of aromatic nitrogens is 2. The molecule has 21 heavy (non-hydrogen) atoms. The van der Waals surface area contributed by atoms with Gasteiger partial charge >= 0.3 is 0 Å². The average Bonchev–Trinajstić information content (AvgIpc) is 3.15. The second kappa shape index (κ2) is 4.93. The van der Waals surface area contributed by atoms with Gasteiger partial charge in [-0.15, -0.1) is 11.3 Å². The lowest BCUT2D eigenvalue weighted by Crippen LogP contribution is -2.24. The van der Waals surface area contributed by atoms with Crippen LogP contribution in [0.4, 0.5) is 11.5 Å². The Hall–Kier alpha value is -2.27. The van der Waals surface area contributed by atoms with Gasteiger partial charge in [-0.3, -0.25) is 0 Å². The van der Waals surface area contributed by atoms with E-state index in [-0.39, 0.29) is 6.04 Å². The largest absolute Gasteiger partial charge is 0.399 e. The summed E-state index contributed by atoms with van der Waals surface area (Å²) >= 11 is 1.72. The molecule has 2 aromatic heterocycles. The minimum absolute atomic E-state index is 0.249. The summed E-state index contributed by atoms with van der Waals surface area (Å²) in [5.74, 6) is 1.08. The number of hydrogen-bond acceptors (Lipinski definition) is 4. The Morgan fingerprint density at radius 3 is 3.00 bits per heavy atom. The van der Waals surface area contributed by atoms with Crippen LogP contribution in [0.2, 0.25) is 0 Å². The smallest absolute Gasteiger partial charge is 0.125 e. The van der Waals surface area contributed by atoms with Crippen molar-refractivity contribution in [2.24, 2.45) is 0 Å². The summed E-state index contributed by atoms with van der Waals surface area (Å²) in [6.45, 7) is 0.953. The van der Waals surface area contributed by atoms with Crippen molar-refractivity contribution in [2.45, 2.75) is 12.5 Å². The van der Waals surface area contributed by atoms with E-state index in [0.717, 1.165) is 30.2 Å². The summed E-state index contributed by atoms with van der Waals surface area (Å²) in [5, 5.41) is 10.3. The molecule has 4 rings (SSSR count). The molecule has 1 unspecified atom stereocenters. The molecule has 0 saturated heterocycles. The first-order valence-electron chi connectivity index (χ1n) is 7.04. The lowest BCUT2D eigenvalue weighted by atomic mass is 10.0. The molecule has 0 fully saturated rings. The molecule has 0 aliphatic carbocycles. The lowest BCUT2D eigenvalue weighted by Gasteiger charge is -2.26. The predicted molar refractivity (Wildman–Crippen MR) is 87.6 cm³/mol. The van der Waals surface area contributed by atoms with Crippen molar-refractivity contribution < 1.29 is 0 Å². The van der Waals surface area contributed by atoms with Crippen molar-refractivity contribution in [3.8, 4) is 10.6 Å². The van der Waals surface area contributed by atoms with Crippen LogP contribution in [-0.2, 0) is 0 Å². The summed E-state index contributed by atoms with van der Waals surface area (Å²) < 4.78 is 2.09. The maximum atomic E-state index is 5.92. The molecule has 0 spiro atoms. The second-order valence-electron chi connectivity index (χ2n) is 5.24. The van der Waals surface area contributed by atoms with Crippen LogP contribution in [0.25, 0.3) is 10.6 Å². The fourth-order valence-electron chi connectivity index (χ4n) is 2.84.